The number of anilines is 1. The minimum atomic E-state index is 0.107. The van der Waals surface area contributed by atoms with Gasteiger partial charge in [0.2, 0.25) is 5.88 Å². The van der Waals surface area contributed by atoms with Gasteiger partial charge in [-0.15, -0.1) is 0 Å². The van der Waals surface area contributed by atoms with Crippen molar-refractivity contribution < 1.29 is 4.74 Å². The number of aromatic nitrogens is 2. The quantitative estimate of drug-likeness (QED) is 0.876. The number of rotatable bonds is 5. The van der Waals surface area contributed by atoms with Gasteiger partial charge in [0.15, 0.2) is 0 Å². The SMILES string of the molecule is CCOc1cccc(NC(C)c2ccccn2)n1. The molecule has 0 aromatic carbocycles. The topological polar surface area (TPSA) is 47.0 Å². The number of pyridine rings is 2. The van der Waals surface area contributed by atoms with E-state index in [9.17, 15) is 0 Å². The first-order chi connectivity index (χ1) is 8.79. The first-order valence-electron chi connectivity index (χ1n) is 6.07. The molecule has 1 atom stereocenters. The average molecular weight is 243 g/mol. The van der Waals surface area contributed by atoms with E-state index in [0.29, 0.717) is 12.5 Å². The second-order valence-corrected chi connectivity index (χ2v) is 3.91. The number of hydrogen-bond donors (Lipinski definition) is 1. The van der Waals surface area contributed by atoms with Crippen molar-refractivity contribution in [1.29, 1.82) is 0 Å². The van der Waals surface area contributed by atoms with Crippen LogP contribution >= 0.6 is 0 Å². The van der Waals surface area contributed by atoms with Crippen molar-refractivity contribution in [3.05, 3.63) is 48.3 Å². The zero-order valence-corrected chi connectivity index (χ0v) is 10.6. The van der Waals surface area contributed by atoms with Crippen LogP contribution in [-0.4, -0.2) is 16.6 Å². The van der Waals surface area contributed by atoms with E-state index in [1.807, 2.05) is 43.3 Å². The van der Waals surface area contributed by atoms with Crippen LogP contribution in [0.3, 0.4) is 0 Å². The van der Waals surface area contributed by atoms with Crippen LogP contribution in [0.2, 0.25) is 0 Å². The summed E-state index contributed by atoms with van der Waals surface area (Å²) in [6, 6.07) is 11.7. The molecule has 0 radical (unpaired) electrons. The van der Waals surface area contributed by atoms with Crippen LogP contribution in [0.15, 0.2) is 42.6 Å². The largest absolute Gasteiger partial charge is 0.478 e. The molecule has 0 fully saturated rings. The zero-order chi connectivity index (χ0) is 12.8. The summed E-state index contributed by atoms with van der Waals surface area (Å²) in [5, 5.41) is 3.30. The van der Waals surface area contributed by atoms with Gasteiger partial charge in [0.05, 0.1) is 18.3 Å². The average Bonchev–Trinajstić information content (AvgIpc) is 2.40. The summed E-state index contributed by atoms with van der Waals surface area (Å²) in [6.45, 7) is 4.61. The lowest BCUT2D eigenvalue weighted by Gasteiger charge is -2.14. The molecule has 1 unspecified atom stereocenters. The highest BCUT2D eigenvalue weighted by molar-refractivity contribution is 5.39. The van der Waals surface area contributed by atoms with Crippen LogP contribution in [0.4, 0.5) is 5.82 Å². The standard InChI is InChI=1S/C14H17N3O/c1-3-18-14-9-6-8-13(17-14)16-11(2)12-7-4-5-10-15-12/h4-11H,3H2,1-2H3,(H,16,17). The maximum absolute atomic E-state index is 5.37. The number of hydrogen-bond acceptors (Lipinski definition) is 4. The molecule has 0 aliphatic carbocycles. The highest BCUT2D eigenvalue weighted by Crippen LogP contribution is 2.17. The molecule has 0 spiro atoms. The van der Waals surface area contributed by atoms with E-state index in [1.165, 1.54) is 0 Å². The number of nitrogens with zero attached hydrogens (tertiary/aromatic N) is 2. The molecule has 18 heavy (non-hydrogen) atoms. The monoisotopic (exact) mass is 243 g/mol. The summed E-state index contributed by atoms with van der Waals surface area (Å²) in [5.41, 5.74) is 0.987. The van der Waals surface area contributed by atoms with Crippen molar-refractivity contribution >= 4 is 5.82 Å². The lowest BCUT2D eigenvalue weighted by molar-refractivity contribution is 0.327. The van der Waals surface area contributed by atoms with Gasteiger partial charge in [-0.2, -0.15) is 4.98 Å². The molecule has 0 saturated heterocycles. The van der Waals surface area contributed by atoms with Crippen molar-refractivity contribution in [2.75, 3.05) is 11.9 Å². The smallest absolute Gasteiger partial charge is 0.215 e. The third-order valence-corrected chi connectivity index (χ3v) is 2.51. The molecule has 0 amide bonds. The third kappa shape index (κ3) is 3.20. The minimum Gasteiger partial charge on any atom is -0.478 e. The van der Waals surface area contributed by atoms with Gasteiger partial charge >= 0.3 is 0 Å². The van der Waals surface area contributed by atoms with E-state index < -0.39 is 0 Å². The van der Waals surface area contributed by atoms with E-state index in [-0.39, 0.29) is 6.04 Å². The Morgan fingerprint density at radius 1 is 1.22 bits per heavy atom. The molecule has 0 aliphatic heterocycles. The third-order valence-electron chi connectivity index (χ3n) is 2.51. The second-order valence-electron chi connectivity index (χ2n) is 3.91. The molecule has 4 heteroatoms. The molecule has 0 saturated carbocycles. The van der Waals surface area contributed by atoms with Gasteiger partial charge in [-0.05, 0) is 32.0 Å². The molecule has 2 heterocycles. The lowest BCUT2D eigenvalue weighted by Crippen LogP contribution is -2.09. The predicted octanol–water partition coefficient (Wildman–Crippen LogP) is 3.05. The van der Waals surface area contributed by atoms with Crippen LogP contribution in [0.5, 0.6) is 5.88 Å². The van der Waals surface area contributed by atoms with Gasteiger partial charge in [0, 0.05) is 12.3 Å². The Kier molecular flexibility index (Phi) is 4.12. The Bertz CT molecular complexity index is 487. The molecular weight excluding hydrogens is 226 g/mol. The normalized spacial score (nSPS) is 11.9. The molecule has 94 valence electrons. The molecule has 1 N–H and O–H groups in total. The number of ether oxygens (including phenoxy) is 1. The summed E-state index contributed by atoms with van der Waals surface area (Å²) in [7, 11) is 0. The molecular formula is C14H17N3O. The van der Waals surface area contributed by atoms with Crippen LogP contribution in [-0.2, 0) is 0 Å². The lowest BCUT2D eigenvalue weighted by atomic mass is 10.2. The van der Waals surface area contributed by atoms with Crippen molar-refractivity contribution in [2.24, 2.45) is 0 Å². The van der Waals surface area contributed by atoms with E-state index in [0.717, 1.165) is 11.5 Å². The van der Waals surface area contributed by atoms with Crippen molar-refractivity contribution in [1.82, 2.24) is 9.97 Å². The van der Waals surface area contributed by atoms with E-state index in [4.69, 9.17) is 4.74 Å². The van der Waals surface area contributed by atoms with E-state index in [2.05, 4.69) is 22.2 Å². The number of nitrogens with one attached hydrogen (secondary N) is 1. The summed E-state index contributed by atoms with van der Waals surface area (Å²) in [6.07, 6.45) is 1.79. The van der Waals surface area contributed by atoms with Crippen molar-refractivity contribution in [3.63, 3.8) is 0 Å². The summed E-state index contributed by atoms with van der Waals surface area (Å²) in [5.74, 6) is 1.43. The molecule has 2 rings (SSSR count). The van der Waals surface area contributed by atoms with Gasteiger partial charge < -0.3 is 10.1 Å². The highest BCUT2D eigenvalue weighted by Gasteiger charge is 2.07. The van der Waals surface area contributed by atoms with Crippen LogP contribution in [0.1, 0.15) is 25.6 Å². The maximum atomic E-state index is 5.37. The van der Waals surface area contributed by atoms with Crippen molar-refractivity contribution in [3.8, 4) is 5.88 Å². The first kappa shape index (κ1) is 12.4. The Morgan fingerprint density at radius 3 is 2.83 bits per heavy atom. The molecule has 0 aliphatic rings. The minimum absolute atomic E-state index is 0.107. The fourth-order valence-corrected chi connectivity index (χ4v) is 1.65. The zero-order valence-electron chi connectivity index (χ0n) is 10.6. The Balaban J connectivity index is 2.07. The van der Waals surface area contributed by atoms with Gasteiger partial charge in [-0.1, -0.05) is 12.1 Å². The summed E-state index contributed by atoms with van der Waals surface area (Å²) >= 11 is 0. The molecule has 0 bridgehead atoms. The Morgan fingerprint density at radius 2 is 2.11 bits per heavy atom. The van der Waals surface area contributed by atoms with E-state index >= 15 is 0 Å². The van der Waals surface area contributed by atoms with Crippen LogP contribution < -0.4 is 10.1 Å². The van der Waals surface area contributed by atoms with Gasteiger partial charge in [0.1, 0.15) is 5.82 Å². The fourth-order valence-electron chi connectivity index (χ4n) is 1.65. The summed E-state index contributed by atoms with van der Waals surface area (Å²) < 4.78 is 5.37. The molecule has 2 aromatic rings. The Labute approximate surface area is 107 Å². The van der Waals surface area contributed by atoms with E-state index in [1.54, 1.807) is 6.20 Å². The first-order valence-corrected chi connectivity index (χ1v) is 6.07. The highest BCUT2D eigenvalue weighted by atomic mass is 16.5. The second kappa shape index (κ2) is 6.00. The maximum Gasteiger partial charge on any atom is 0.215 e. The Hall–Kier alpha value is -2.10. The van der Waals surface area contributed by atoms with Crippen molar-refractivity contribution in [2.45, 2.75) is 19.9 Å². The van der Waals surface area contributed by atoms with Gasteiger partial charge in [-0.25, -0.2) is 0 Å². The van der Waals surface area contributed by atoms with Crippen LogP contribution in [0.25, 0.3) is 0 Å². The fraction of sp³-hybridized carbons (Fsp3) is 0.286. The predicted molar refractivity (Wildman–Crippen MR) is 71.7 cm³/mol. The molecule has 2 aromatic heterocycles. The van der Waals surface area contributed by atoms with Gasteiger partial charge in [-0.3, -0.25) is 4.98 Å². The van der Waals surface area contributed by atoms with Crippen LogP contribution in [0, 0.1) is 0 Å². The van der Waals surface area contributed by atoms with Gasteiger partial charge in [0.25, 0.3) is 0 Å². The molecule has 4 nitrogen and oxygen atoms in total. The summed E-state index contributed by atoms with van der Waals surface area (Å²) in [4.78, 5) is 8.68.